The van der Waals surface area contributed by atoms with Gasteiger partial charge in [-0.1, -0.05) is 13.0 Å². The molecule has 0 saturated heterocycles. The molecule has 0 radical (unpaired) electrons. The van der Waals surface area contributed by atoms with Crippen LogP contribution in [-0.4, -0.2) is 17.8 Å². The van der Waals surface area contributed by atoms with Crippen LogP contribution in [0, 0.1) is 12.7 Å². The number of benzene rings is 1. The van der Waals surface area contributed by atoms with Crippen molar-refractivity contribution in [2.24, 2.45) is 0 Å². The third-order valence-corrected chi connectivity index (χ3v) is 2.12. The monoisotopic (exact) mass is 197 g/mol. The summed E-state index contributed by atoms with van der Waals surface area (Å²) in [5.41, 5.74) is 1.46. The Balaban J connectivity index is 2.62. The maximum absolute atomic E-state index is 13.2. The van der Waals surface area contributed by atoms with Crippen LogP contribution in [-0.2, 0) is 0 Å². The molecule has 1 aromatic rings. The molecule has 0 aromatic heterocycles. The Hall–Kier alpha value is -1.09. The fraction of sp³-hybridized carbons (Fsp3) is 0.455. The van der Waals surface area contributed by atoms with Gasteiger partial charge in [0, 0.05) is 6.54 Å². The maximum Gasteiger partial charge on any atom is 0.146 e. The Morgan fingerprint density at radius 1 is 1.50 bits per heavy atom. The predicted molar refractivity (Wildman–Crippen MR) is 55.9 cm³/mol. The topological polar surface area (TPSA) is 32.3 Å². The van der Waals surface area contributed by atoms with E-state index in [0.29, 0.717) is 18.7 Å². The molecular weight excluding hydrogens is 181 g/mol. The zero-order chi connectivity index (χ0) is 10.6. The van der Waals surface area contributed by atoms with Crippen LogP contribution >= 0.6 is 0 Å². The second-order valence-electron chi connectivity index (χ2n) is 3.43. The van der Waals surface area contributed by atoms with Crippen molar-refractivity contribution in [3.63, 3.8) is 0 Å². The minimum Gasteiger partial charge on any atom is -0.391 e. The lowest BCUT2D eigenvalue weighted by Crippen LogP contribution is -2.18. The molecule has 1 aromatic carbocycles. The highest BCUT2D eigenvalue weighted by molar-refractivity contribution is 5.47. The first kappa shape index (κ1) is 11.0. The largest absolute Gasteiger partial charge is 0.391 e. The summed E-state index contributed by atoms with van der Waals surface area (Å²) < 4.78 is 13.2. The van der Waals surface area contributed by atoms with E-state index in [1.54, 1.807) is 12.1 Å². The van der Waals surface area contributed by atoms with E-state index in [0.717, 1.165) is 5.56 Å². The van der Waals surface area contributed by atoms with Crippen molar-refractivity contribution in [3.05, 3.63) is 29.6 Å². The second-order valence-corrected chi connectivity index (χ2v) is 3.43. The van der Waals surface area contributed by atoms with Crippen LogP contribution in [0.15, 0.2) is 18.2 Å². The van der Waals surface area contributed by atoms with E-state index >= 15 is 0 Å². The number of aliphatic hydroxyl groups is 1. The molecule has 78 valence electrons. The first-order valence-corrected chi connectivity index (χ1v) is 4.81. The zero-order valence-electron chi connectivity index (χ0n) is 8.55. The predicted octanol–water partition coefficient (Wildman–Crippen LogP) is 2.32. The average molecular weight is 197 g/mol. The van der Waals surface area contributed by atoms with E-state index < -0.39 is 6.10 Å². The molecule has 0 aliphatic carbocycles. The molecule has 1 unspecified atom stereocenters. The maximum atomic E-state index is 13.2. The SMILES string of the molecule is CCC(O)CNc1cc(C)ccc1F. The number of anilines is 1. The molecule has 0 spiro atoms. The van der Waals surface area contributed by atoms with Gasteiger partial charge in [-0.25, -0.2) is 4.39 Å². The van der Waals surface area contributed by atoms with Gasteiger partial charge in [0.2, 0.25) is 0 Å². The summed E-state index contributed by atoms with van der Waals surface area (Å²) in [6.45, 7) is 4.18. The highest BCUT2D eigenvalue weighted by atomic mass is 19.1. The number of hydrogen-bond acceptors (Lipinski definition) is 2. The van der Waals surface area contributed by atoms with Crippen molar-refractivity contribution >= 4 is 5.69 Å². The molecular formula is C11H16FNO. The molecule has 0 bridgehead atoms. The molecule has 1 rings (SSSR count). The summed E-state index contributed by atoms with van der Waals surface area (Å²) in [6, 6.07) is 4.88. The first-order valence-electron chi connectivity index (χ1n) is 4.81. The van der Waals surface area contributed by atoms with Gasteiger partial charge in [-0.2, -0.15) is 0 Å². The van der Waals surface area contributed by atoms with Gasteiger partial charge in [0.05, 0.1) is 11.8 Å². The van der Waals surface area contributed by atoms with Crippen molar-refractivity contribution in [2.75, 3.05) is 11.9 Å². The van der Waals surface area contributed by atoms with Gasteiger partial charge in [-0.15, -0.1) is 0 Å². The van der Waals surface area contributed by atoms with Gasteiger partial charge in [0.25, 0.3) is 0 Å². The number of hydrogen-bond donors (Lipinski definition) is 2. The Kier molecular flexibility index (Phi) is 3.89. The summed E-state index contributed by atoms with van der Waals surface area (Å²) in [4.78, 5) is 0. The van der Waals surface area contributed by atoms with E-state index in [1.165, 1.54) is 6.07 Å². The molecule has 0 saturated carbocycles. The lowest BCUT2D eigenvalue weighted by Gasteiger charge is -2.11. The van der Waals surface area contributed by atoms with Gasteiger partial charge in [-0.3, -0.25) is 0 Å². The lowest BCUT2D eigenvalue weighted by atomic mass is 10.2. The molecule has 3 heteroatoms. The molecule has 0 fully saturated rings. The van der Waals surface area contributed by atoms with Crippen LogP contribution in [0.4, 0.5) is 10.1 Å². The van der Waals surface area contributed by atoms with E-state index in [4.69, 9.17) is 0 Å². The van der Waals surface area contributed by atoms with Crippen LogP contribution in [0.25, 0.3) is 0 Å². The third-order valence-electron chi connectivity index (χ3n) is 2.12. The third kappa shape index (κ3) is 3.00. The van der Waals surface area contributed by atoms with Crippen molar-refractivity contribution in [3.8, 4) is 0 Å². The Bertz CT molecular complexity index is 301. The molecule has 0 aliphatic rings. The number of nitrogens with one attached hydrogen (secondary N) is 1. The van der Waals surface area contributed by atoms with Crippen LogP contribution in [0.3, 0.4) is 0 Å². The van der Waals surface area contributed by atoms with Crippen molar-refractivity contribution in [1.29, 1.82) is 0 Å². The second kappa shape index (κ2) is 4.96. The number of aliphatic hydroxyl groups excluding tert-OH is 1. The first-order chi connectivity index (χ1) is 6.63. The zero-order valence-corrected chi connectivity index (χ0v) is 8.55. The summed E-state index contributed by atoms with van der Waals surface area (Å²) in [5, 5.41) is 12.2. The van der Waals surface area contributed by atoms with Gasteiger partial charge in [0.1, 0.15) is 5.82 Å². The molecule has 1 atom stereocenters. The van der Waals surface area contributed by atoms with E-state index in [1.807, 2.05) is 13.8 Å². The summed E-state index contributed by atoms with van der Waals surface area (Å²) in [5.74, 6) is -0.279. The van der Waals surface area contributed by atoms with Crippen LogP contribution in [0.5, 0.6) is 0 Å². The van der Waals surface area contributed by atoms with E-state index in [2.05, 4.69) is 5.32 Å². The quantitative estimate of drug-likeness (QED) is 0.776. The van der Waals surface area contributed by atoms with E-state index in [9.17, 15) is 9.50 Å². The van der Waals surface area contributed by atoms with Crippen molar-refractivity contribution in [1.82, 2.24) is 0 Å². The molecule has 14 heavy (non-hydrogen) atoms. The fourth-order valence-corrected chi connectivity index (χ4v) is 1.15. The Labute approximate surface area is 83.8 Å². The normalized spacial score (nSPS) is 12.6. The highest BCUT2D eigenvalue weighted by Crippen LogP contribution is 2.15. The molecule has 0 aliphatic heterocycles. The van der Waals surface area contributed by atoms with Gasteiger partial charge < -0.3 is 10.4 Å². The minimum absolute atomic E-state index is 0.279. The fourth-order valence-electron chi connectivity index (χ4n) is 1.15. The highest BCUT2D eigenvalue weighted by Gasteiger charge is 2.04. The lowest BCUT2D eigenvalue weighted by molar-refractivity contribution is 0.183. The molecule has 0 heterocycles. The van der Waals surface area contributed by atoms with Gasteiger partial charge >= 0.3 is 0 Å². The van der Waals surface area contributed by atoms with Crippen LogP contribution < -0.4 is 5.32 Å². The summed E-state index contributed by atoms with van der Waals surface area (Å²) in [7, 11) is 0. The minimum atomic E-state index is -0.421. The van der Waals surface area contributed by atoms with Crippen LogP contribution in [0.2, 0.25) is 0 Å². The molecule has 0 amide bonds. The number of halogens is 1. The average Bonchev–Trinajstić information content (AvgIpc) is 2.19. The number of aryl methyl sites for hydroxylation is 1. The number of rotatable bonds is 4. The molecule has 2 nitrogen and oxygen atoms in total. The summed E-state index contributed by atoms with van der Waals surface area (Å²) in [6.07, 6.45) is 0.246. The van der Waals surface area contributed by atoms with Gasteiger partial charge in [0.15, 0.2) is 0 Å². The smallest absolute Gasteiger partial charge is 0.146 e. The van der Waals surface area contributed by atoms with Crippen LogP contribution in [0.1, 0.15) is 18.9 Å². The van der Waals surface area contributed by atoms with E-state index in [-0.39, 0.29) is 5.82 Å². The Morgan fingerprint density at radius 2 is 2.21 bits per heavy atom. The molecule has 2 N–H and O–H groups in total. The van der Waals surface area contributed by atoms with Crippen molar-refractivity contribution in [2.45, 2.75) is 26.4 Å². The van der Waals surface area contributed by atoms with Crippen molar-refractivity contribution < 1.29 is 9.50 Å². The van der Waals surface area contributed by atoms with Gasteiger partial charge in [-0.05, 0) is 31.0 Å². The standard InChI is InChI=1S/C11H16FNO/c1-3-9(14)7-13-11-6-8(2)4-5-10(11)12/h4-6,9,13-14H,3,7H2,1-2H3. The Morgan fingerprint density at radius 3 is 2.86 bits per heavy atom. The summed E-state index contributed by atoms with van der Waals surface area (Å²) >= 11 is 0.